The average molecular weight is 307 g/mol. The molecule has 0 radical (unpaired) electrons. The van der Waals surface area contributed by atoms with Crippen LogP contribution < -0.4 is 4.90 Å². The van der Waals surface area contributed by atoms with Gasteiger partial charge in [0.2, 0.25) is 5.91 Å². The van der Waals surface area contributed by atoms with Crippen molar-refractivity contribution >= 4 is 39.1 Å². The number of esters is 1. The summed E-state index contributed by atoms with van der Waals surface area (Å²) in [5.74, 6) is -1.03. The van der Waals surface area contributed by atoms with Crippen LogP contribution in [0.15, 0.2) is 11.4 Å². The molecule has 1 aromatic heterocycles. The molecule has 2 heterocycles. The Morgan fingerprint density at radius 1 is 1.58 bits per heavy atom. The molecule has 1 aliphatic heterocycles. The van der Waals surface area contributed by atoms with E-state index in [1.54, 1.807) is 0 Å². The summed E-state index contributed by atoms with van der Waals surface area (Å²) in [4.78, 5) is 24.4. The SMILES string of the molecule is COC(=O)c1cc(N2CC(S(=O)(=O)F)CC2=O)cs1. The van der Waals surface area contributed by atoms with Gasteiger partial charge in [-0.2, -0.15) is 8.42 Å². The molecule has 0 aromatic carbocycles. The van der Waals surface area contributed by atoms with E-state index in [0.29, 0.717) is 5.69 Å². The van der Waals surface area contributed by atoms with Crippen molar-refractivity contribution in [1.82, 2.24) is 0 Å². The lowest BCUT2D eigenvalue weighted by molar-refractivity contribution is -0.117. The van der Waals surface area contributed by atoms with Crippen molar-refractivity contribution in [2.24, 2.45) is 0 Å². The summed E-state index contributed by atoms with van der Waals surface area (Å²) in [7, 11) is -3.51. The fourth-order valence-corrected chi connectivity index (χ4v) is 3.27. The van der Waals surface area contributed by atoms with Gasteiger partial charge in [-0.3, -0.25) is 4.79 Å². The van der Waals surface area contributed by atoms with Gasteiger partial charge >= 0.3 is 16.2 Å². The minimum atomic E-state index is -4.74. The summed E-state index contributed by atoms with van der Waals surface area (Å²) in [5, 5.41) is 0.179. The summed E-state index contributed by atoms with van der Waals surface area (Å²) >= 11 is 1.07. The summed E-state index contributed by atoms with van der Waals surface area (Å²) in [5.41, 5.74) is 0.376. The Hall–Kier alpha value is -1.48. The molecule has 1 atom stereocenters. The second-order valence-electron chi connectivity index (χ2n) is 3.97. The fraction of sp³-hybridized carbons (Fsp3) is 0.400. The van der Waals surface area contributed by atoms with Gasteiger partial charge in [0, 0.05) is 18.3 Å². The Labute approximate surface area is 113 Å². The van der Waals surface area contributed by atoms with Crippen LogP contribution in [0.5, 0.6) is 0 Å². The minimum absolute atomic E-state index is 0.241. The van der Waals surface area contributed by atoms with Crippen molar-refractivity contribution in [2.75, 3.05) is 18.6 Å². The van der Waals surface area contributed by atoms with Crippen LogP contribution in [0.3, 0.4) is 0 Å². The van der Waals surface area contributed by atoms with Gasteiger partial charge in [0.15, 0.2) is 0 Å². The second-order valence-corrected chi connectivity index (χ2v) is 6.50. The maximum atomic E-state index is 12.9. The number of carbonyl (C=O) groups excluding carboxylic acids is 2. The van der Waals surface area contributed by atoms with E-state index in [2.05, 4.69) is 4.74 Å². The molecule has 19 heavy (non-hydrogen) atoms. The number of halogens is 1. The molecule has 0 bridgehead atoms. The van der Waals surface area contributed by atoms with Crippen molar-refractivity contribution in [1.29, 1.82) is 0 Å². The molecule has 104 valence electrons. The molecule has 0 saturated carbocycles. The quantitative estimate of drug-likeness (QED) is 0.613. The van der Waals surface area contributed by atoms with Crippen LogP contribution in [0.25, 0.3) is 0 Å². The Morgan fingerprint density at radius 2 is 2.26 bits per heavy atom. The molecule has 1 saturated heterocycles. The van der Waals surface area contributed by atoms with E-state index in [4.69, 9.17) is 0 Å². The Bertz CT molecular complexity index is 624. The highest BCUT2D eigenvalue weighted by atomic mass is 32.3. The van der Waals surface area contributed by atoms with Crippen LogP contribution in [-0.2, 0) is 19.8 Å². The van der Waals surface area contributed by atoms with Crippen LogP contribution in [0.1, 0.15) is 16.1 Å². The molecule has 9 heteroatoms. The third kappa shape index (κ3) is 2.76. The van der Waals surface area contributed by atoms with Gasteiger partial charge in [0.25, 0.3) is 0 Å². The van der Waals surface area contributed by atoms with Gasteiger partial charge in [-0.15, -0.1) is 15.2 Å². The molecule has 2 rings (SSSR count). The zero-order valence-corrected chi connectivity index (χ0v) is 11.5. The number of hydrogen-bond acceptors (Lipinski definition) is 6. The highest BCUT2D eigenvalue weighted by Gasteiger charge is 2.39. The van der Waals surface area contributed by atoms with Crippen LogP contribution in [0, 0.1) is 0 Å². The van der Waals surface area contributed by atoms with E-state index < -0.39 is 27.3 Å². The first-order chi connectivity index (χ1) is 8.82. The number of ether oxygens (including phenoxy) is 1. The number of amides is 1. The van der Waals surface area contributed by atoms with Crippen LogP contribution in [0.4, 0.5) is 9.57 Å². The molecular weight excluding hydrogens is 297 g/mol. The van der Waals surface area contributed by atoms with E-state index in [9.17, 15) is 21.9 Å². The van der Waals surface area contributed by atoms with E-state index in [1.807, 2.05) is 0 Å². The van der Waals surface area contributed by atoms with Crippen molar-refractivity contribution in [3.63, 3.8) is 0 Å². The average Bonchev–Trinajstić information content (AvgIpc) is 2.93. The maximum absolute atomic E-state index is 12.9. The Morgan fingerprint density at radius 3 is 2.79 bits per heavy atom. The minimum Gasteiger partial charge on any atom is -0.465 e. The van der Waals surface area contributed by atoms with Crippen molar-refractivity contribution in [2.45, 2.75) is 11.7 Å². The van der Waals surface area contributed by atoms with Gasteiger partial charge in [-0.05, 0) is 6.07 Å². The number of thiophene rings is 1. The van der Waals surface area contributed by atoms with Crippen LogP contribution in [-0.4, -0.2) is 39.2 Å². The highest BCUT2D eigenvalue weighted by molar-refractivity contribution is 7.87. The predicted octanol–water partition coefficient (Wildman–Crippen LogP) is 0.939. The highest BCUT2D eigenvalue weighted by Crippen LogP contribution is 2.29. The first-order valence-corrected chi connectivity index (χ1v) is 7.56. The van der Waals surface area contributed by atoms with Crippen molar-refractivity contribution in [3.05, 3.63) is 16.3 Å². The molecule has 1 fully saturated rings. The van der Waals surface area contributed by atoms with E-state index in [0.717, 1.165) is 16.2 Å². The van der Waals surface area contributed by atoms with E-state index in [-0.39, 0.29) is 17.8 Å². The number of hydrogen-bond donors (Lipinski definition) is 0. The van der Waals surface area contributed by atoms with Gasteiger partial charge in [0.05, 0.1) is 12.8 Å². The smallest absolute Gasteiger partial charge is 0.348 e. The number of carbonyl (C=O) groups is 2. The molecule has 0 spiro atoms. The molecule has 0 N–H and O–H groups in total. The Balaban J connectivity index is 2.21. The van der Waals surface area contributed by atoms with Crippen molar-refractivity contribution in [3.8, 4) is 0 Å². The van der Waals surface area contributed by atoms with Gasteiger partial charge < -0.3 is 9.64 Å². The second kappa shape index (κ2) is 4.89. The topological polar surface area (TPSA) is 80.8 Å². The monoisotopic (exact) mass is 307 g/mol. The lowest BCUT2D eigenvalue weighted by Crippen LogP contribution is -2.26. The third-order valence-electron chi connectivity index (χ3n) is 2.77. The van der Waals surface area contributed by atoms with Crippen LogP contribution >= 0.6 is 11.3 Å². The summed E-state index contributed by atoms with van der Waals surface area (Å²) in [6.07, 6.45) is -0.387. The molecule has 1 amide bonds. The molecule has 1 aromatic rings. The maximum Gasteiger partial charge on any atom is 0.348 e. The number of methoxy groups -OCH3 is 1. The molecular formula is C10H10FNO5S2. The van der Waals surface area contributed by atoms with Gasteiger partial charge in [-0.25, -0.2) is 4.79 Å². The lowest BCUT2D eigenvalue weighted by Gasteiger charge is -2.13. The number of anilines is 1. The zero-order chi connectivity index (χ0) is 14.2. The molecule has 0 aliphatic carbocycles. The lowest BCUT2D eigenvalue weighted by atomic mass is 10.4. The van der Waals surface area contributed by atoms with E-state index in [1.165, 1.54) is 18.6 Å². The van der Waals surface area contributed by atoms with Crippen molar-refractivity contribution < 1.29 is 26.6 Å². The zero-order valence-electron chi connectivity index (χ0n) is 9.83. The van der Waals surface area contributed by atoms with Gasteiger partial charge in [0.1, 0.15) is 10.1 Å². The number of rotatable bonds is 3. The third-order valence-corrected chi connectivity index (χ3v) is 4.78. The van der Waals surface area contributed by atoms with E-state index >= 15 is 0 Å². The normalized spacial score (nSPS) is 19.8. The Kier molecular flexibility index (Phi) is 3.59. The molecule has 6 nitrogen and oxygen atoms in total. The summed E-state index contributed by atoms with van der Waals surface area (Å²) < 4.78 is 39.0. The summed E-state index contributed by atoms with van der Waals surface area (Å²) in [6, 6.07) is 1.42. The van der Waals surface area contributed by atoms with Gasteiger partial charge in [-0.1, -0.05) is 0 Å². The largest absolute Gasteiger partial charge is 0.465 e. The fourth-order valence-electron chi connectivity index (χ4n) is 1.79. The summed E-state index contributed by atoms with van der Waals surface area (Å²) in [6.45, 7) is -0.241. The first-order valence-electron chi connectivity index (χ1n) is 5.23. The number of nitrogens with zero attached hydrogens (tertiary/aromatic N) is 1. The first kappa shape index (κ1) is 13.9. The predicted molar refractivity (Wildman–Crippen MR) is 66.4 cm³/mol. The standard InChI is InChI=1S/C10H10FNO5S2/c1-17-10(14)8-2-6(5-18-8)12-4-7(3-9(12)13)19(11,15)16/h2,5,7H,3-4H2,1H3. The molecule has 1 unspecified atom stereocenters. The molecule has 1 aliphatic rings. The van der Waals surface area contributed by atoms with Crippen LogP contribution in [0.2, 0.25) is 0 Å².